The lowest BCUT2D eigenvalue weighted by molar-refractivity contribution is -0.137. The highest BCUT2D eigenvalue weighted by molar-refractivity contribution is 6.33. The van der Waals surface area contributed by atoms with Crippen LogP contribution in [0.4, 0.5) is 26.2 Å². The van der Waals surface area contributed by atoms with Gasteiger partial charge in [-0.1, -0.05) is 41.9 Å². The summed E-state index contributed by atoms with van der Waals surface area (Å²) in [5.41, 5.74) is 7.17. The van der Waals surface area contributed by atoms with Crippen LogP contribution in [0, 0.1) is 5.82 Å². The van der Waals surface area contributed by atoms with Gasteiger partial charge in [-0.2, -0.15) is 5.10 Å². The number of halogens is 2. The molecule has 0 aliphatic rings. The number of rotatable bonds is 10. The lowest BCUT2D eigenvalue weighted by atomic mass is 10.0. The van der Waals surface area contributed by atoms with Gasteiger partial charge in [0.25, 0.3) is 5.91 Å². The molecule has 3 aromatic carbocycles. The Morgan fingerprint density at radius 2 is 1.64 bits per heavy atom. The topological polar surface area (TPSA) is 177 Å². The van der Waals surface area contributed by atoms with Crippen LogP contribution in [0.5, 0.6) is 0 Å². The lowest BCUT2D eigenvalue weighted by Crippen LogP contribution is -2.44. The van der Waals surface area contributed by atoms with Crippen LogP contribution in [-0.2, 0) is 16.1 Å². The maximum absolute atomic E-state index is 15.4. The van der Waals surface area contributed by atoms with Crippen LogP contribution in [0.1, 0.15) is 24.3 Å². The SMILES string of the molecule is CC(C)N(CC(=O)Nc1cccc(-c2ccccc2Cl)c1F)C(=O)Cn1nc(C(N)=O)c2cc(NC(=O)Nc3cncnc3)ccc21. The zero-order chi connectivity index (χ0) is 33.7. The van der Waals surface area contributed by atoms with Crippen molar-refractivity contribution in [2.24, 2.45) is 5.73 Å². The number of carbonyl (C=O) groups excluding carboxylic acids is 4. The molecule has 15 heteroatoms. The van der Waals surface area contributed by atoms with Crippen LogP contribution in [0.2, 0.25) is 5.02 Å². The van der Waals surface area contributed by atoms with Gasteiger partial charge in [0.05, 0.1) is 29.3 Å². The molecule has 0 atom stereocenters. The molecule has 13 nitrogen and oxygen atoms in total. The van der Waals surface area contributed by atoms with E-state index in [1.165, 1.54) is 40.4 Å². The van der Waals surface area contributed by atoms with E-state index in [9.17, 15) is 19.2 Å². The molecule has 0 bridgehead atoms. The number of urea groups is 1. The van der Waals surface area contributed by atoms with E-state index >= 15 is 4.39 Å². The Labute approximate surface area is 272 Å². The van der Waals surface area contributed by atoms with Crippen molar-refractivity contribution >= 4 is 63.3 Å². The fourth-order valence-corrected chi connectivity index (χ4v) is 5.09. The molecular formula is C32H29ClFN9O4. The second kappa shape index (κ2) is 14.0. The summed E-state index contributed by atoms with van der Waals surface area (Å²) in [4.78, 5) is 60.2. The molecule has 47 heavy (non-hydrogen) atoms. The second-order valence-corrected chi connectivity index (χ2v) is 11.0. The standard InChI is InChI=1S/C32H29ClFN9O4/c1-18(2)42(15-27(44)40-25-9-5-7-22(29(25)34)21-6-3-4-8-24(21)33)28(45)16-43-26-11-10-19(12-23(26)30(41-43)31(35)46)38-32(47)39-20-13-36-17-37-14-20/h3-14,17-18H,15-16H2,1-2H3,(H2,35,46)(H,40,44)(H2,38,39,47). The maximum Gasteiger partial charge on any atom is 0.323 e. The summed E-state index contributed by atoms with van der Waals surface area (Å²) in [6, 6.07) is 15.0. The number of aromatic nitrogens is 4. The van der Waals surface area contributed by atoms with E-state index in [1.807, 2.05) is 0 Å². The monoisotopic (exact) mass is 657 g/mol. The summed E-state index contributed by atoms with van der Waals surface area (Å²) < 4.78 is 16.7. The van der Waals surface area contributed by atoms with Crippen LogP contribution in [0.15, 0.2) is 79.4 Å². The number of hydrogen-bond donors (Lipinski definition) is 4. The summed E-state index contributed by atoms with van der Waals surface area (Å²) in [6.07, 6.45) is 4.17. The Morgan fingerprint density at radius 1 is 0.936 bits per heavy atom. The number of nitrogens with zero attached hydrogens (tertiary/aromatic N) is 5. The Balaban J connectivity index is 1.31. The van der Waals surface area contributed by atoms with Crippen molar-refractivity contribution in [2.75, 3.05) is 22.5 Å². The Morgan fingerprint density at radius 3 is 2.34 bits per heavy atom. The normalized spacial score (nSPS) is 10.9. The van der Waals surface area contributed by atoms with Crippen molar-refractivity contribution in [1.82, 2.24) is 24.6 Å². The third-order valence-electron chi connectivity index (χ3n) is 7.04. The van der Waals surface area contributed by atoms with E-state index in [2.05, 4.69) is 31.0 Å². The highest BCUT2D eigenvalue weighted by Crippen LogP contribution is 2.32. The van der Waals surface area contributed by atoms with Crippen LogP contribution in [-0.4, -0.2) is 61.0 Å². The molecule has 5 amide bonds. The first-order chi connectivity index (χ1) is 22.5. The number of amides is 5. The van der Waals surface area contributed by atoms with Crippen molar-refractivity contribution in [1.29, 1.82) is 0 Å². The zero-order valence-electron chi connectivity index (χ0n) is 25.2. The molecule has 0 radical (unpaired) electrons. The summed E-state index contributed by atoms with van der Waals surface area (Å²) in [5, 5.41) is 12.7. The Kier molecular flexibility index (Phi) is 9.71. The maximum atomic E-state index is 15.4. The van der Waals surface area contributed by atoms with Crippen molar-refractivity contribution in [3.8, 4) is 11.1 Å². The number of nitrogens with two attached hydrogens (primary N) is 1. The van der Waals surface area contributed by atoms with Crippen molar-refractivity contribution in [2.45, 2.75) is 26.4 Å². The van der Waals surface area contributed by atoms with Gasteiger partial charge in [0, 0.05) is 33.3 Å². The molecule has 5 N–H and O–H groups in total. The Hall–Kier alpha value is -5.89. The van der Waals surface area contributed by atoms with E-state index in [-0.39, 0.29) is 30.0 Å². The van der Waals surface area contributed by atoms with Gasteiger partial charge in [0.1, 0.15) is 19.4 Å². The van der Waals surface area contributed by atoms with E-state index in [0.717, 1.165) is 0 Å². The quantitative estimate of drug-likeness (QED) is 0.165. The third-order valence-corrected chi connectivity index (χ3v) is 7.37. The fraction of sp³-hybridized carbons (Fsp3) is 0.156. The average Bonchev–Trinajstić information content (AvgIpc) is 3.39. The number of anilines is 3. The first-order valence-electron chi connectivity index (χ1n) is 14.3. The van der Waals surface area contributed by atoms with Crippen molar-refractivity contribution in [3.63, 3.8) is 0 Å². The van der Waals surface area contributed by atoms with Gasteiger partial charge in [-0.25, -0.2) is 19.2 Å². The molecule has 0 spiro atoms. The van der Waals surface area contributed by atoms with E-state index < -0.39 is 35.6 Å². The smallest absolute Gasteiger partial charge is 0.323 e. The Bertz CT molecular complexity index is 1980. The van der Waals surface area contributed by atoms with Crippen LogP contribution in [0.25, 0.3) is 22.0 Å². The molecule has 240 valence electrons. The molecule has 0 saturated heterocycles. The minimum Gasteiger partial charge on any atom is -0.364 e. The van der Waals surface area contributed by atoms with Crippen molar-refractivity contribution < 1.29 is 23.6 Å². The predicted molar refractivity (Wildman–Crippen MR) is 175 cm³/mol. The van der Waals surface area contributed by atoms with Crippen LogP contribution < -0.4 is 21.7 Å². The summed E-state index contributed by atoms with van der Waals surface area (Å²) in [6.45, 7) is 2.73. The van der Waals surface area contributed by atoms with Gasteiger partial charge in [-0.15, -0.1) is 0 Å². The molecule has 2 aromatic heterocycles. The number of benzene rings is 3. The number of fused-ring (bicyclic) bond motifs is 1. The molecule has 0 fully saturated rings. The van der Waals surface area contributed by atoms with Crippen LogP contribution in [0.3, 0.4) is 0 Å². The van der Waals surface area contributed by atoms with Crippen LogP contribution >= 0.6 is 11.6 Å². The van der Waals surface area contributed by atoms with Gasteiger partial charge in [0.15, 0.2) is 11.5 Å². The minimum atomic E-state index is -0.842. The van der Waals surface area contributed by atoms with E-state index in [4.69, 9.17) is 17.3 Å². The molecular weight excluding hydrogens is 629 g/mol. The first-order valence-corrected chi connectivity index (χ1v) is 14.7. The molecule has 0 aliphatic carbocycles. The summed E-state index contributed by atoms with van der Waals surface area (Å²) >= 11 is 6.25. The van der Waals surface area contributed by atoms with E-state index in [1.54, 1.807) is 62.4 Å². The van der Waals surface area contributed by atoms with Gasteiger partial charge in [0.2, 0.25) is 11.8 Å². The largest absolute Gasteiger partial charge is 0.364 e. The molecule has 0 unspecified atom stereocenters. The molecule has 2 heterocycles. The zero-order valence-corrected chi connectivity index (χ0v) is 26.0. The summed E-state index contributed by atoms with van der Waals surface area (Å²) in [7, 11) is 0. The molecule has 5 rings (SSSR count). The number of hydrogen-bond acceptors (Lipinski definition) is 7. The highest BCUT2D eigenvalue weighted by atomic mass is 35.5. The number of carbonyl (C=O) groups is 4. The molecule has 0 aliphatic heterocycles. The fourth-order valence-electron chi connectivity index (χ4n) is 4.85. The predicted octanol–water partition coefficient (Wildman–Crippen LogP) is 4.90. The minimum absolute atomic E-state index is 0.0667. The second-order valence-electron chi connectivity index (χ2n) is 10.6. The first kappa shape index (κ1) is 32.5. The van der Waals surface area contributed by atoms with Gasteiger partial charge >= 0.3 is 6.03 Å². The molecule has 5 aromatic rings. The molecule has 0 saturated carbocycles. The third kappa shape index (κ3) is 7.50. The lowest BCUT2D eigenvalue weighted by Gasteiger charge is -2.26. The van der Waals surface area contributed by atoms with Crippen molar-refractivity contribution in [3.05, 3.63) is 95.9 Å². The summed E-state index contributed by atoms with van der Waals surface area (Å²) in [5.74, 6) is -2.63. The van der Waals surface area contributed by atoms with Gasteiger partial charge in [-0.05, 0) is 44.2 Å². The van der Waals surface area contributed by atoms with Gasteiger partial charge < -0.3 is 26.6 Å². The average molecular weight is 658 g/mol. The van der Waals surface area contributed by atoms with Gasteiger partial charge in [-0.3, -0.25) is 19.1 Å². The highest BCUT2D eigenvalue weighted by Gasteiger charge is 2.24. The number of nitrogens with one attached hydrogen (secondary N) is 3. The van der Waals surface area contributed by atoms with E-state index in [0.29, 0.717) is 32.9 Å². The number of primary amides is 1.